The number of nitrogens with one attached hydrogen (secondary N) is 3. The summed E-state index contributed by atoms with van der Waals surface area (Å²) in [5, 5.41) is 5.04. The van der Waals surface area contributed by atoms with Gasteiger partial charge in [0.15, 0.2) is 0 Å². The molecule has 3 N–H and O–H groups in total. The average molecular weight is 429 g/mol. The predicted octanol–water partition coefficient (Wildman–Crippen LogP) is 2.37. The molecule has 29 heavy (non-hydrogen) atoms. The highest BCUT2D eigenvalue weighted by Gasteiger charge is 2.31. The van der Waals surface area contributed by atoms with Gasteiger partial charge in [0.25, 0.3) is 5.91 Å². The lowest BCUT2D eigenvalue weighted by Gasteiger charge is -2.11. The van der Waals surface area contributed by atoms with Gasteiger partial charge in [0.2, 0.25) is 15.9 Å². The summed E-state index contributed by atoms with van der Waals surface area (Å²) in [5.74, 6) is -1.01. The third kappa shape index (κ3) is 6.29. The molecule has 0 spiro atoms. The highest BCUT2D eigenvalue weighted by Crippen LogP contribution is 2.30. The van der Waals surface area contributed by atoms with Gasteiger partial charge in [-0.1, -0.05) is 6.07 Å². The zero-order chi connectivity index (χ0) is 21.7. The van der Waals surface area contributed by atoms with Crippen LogP contribution in [0.4, 0.5) is 18.9 Å². The van der Waals surface area contributed by atoms with E-state index in [1.165, 1.54) is 24.3 Å². The van der Waals surface area contributed by atoms with Crippen LogP contribution in [0.15, 0.2) is 53.4 Å². The molecule has 156 valence electrons. The van der Waals surface area contributed by atoms with Gasteiger partial charge >= 0.3 is 6.18 Å². The van der Waals surface area contributed by atoms with Crippen LogP contribution >= 0.6 is 0 Å². The molecule has 2 amide bonds. The zero-order valence-electron chi connectivity index (χ0n) is 15.2. The van der Waals surface area contributed by atoms with Gasteiger partial charge in [0, 0.05) is 17.8 Å². The van der Waals surface area contributed by atoms with Crippen LogP contribution in [0.3, 0.4) is 0 Å². The predicted molar refractivity (Wildman–Crippen MR) is 99.7 cm³/mol. The van der Waals surface area contributed by atoms with E-state index in [2.05, 4.69) is 10.6 Å². The SMILES string of the molecule is CCNC(=O)c1ccc(NC(=O)CNS(=O)(=O)c2cccc(C(F)(F)F)c2)cc1. The molecule has 2 rings (SSSR count). The highest BCUT2D eigenvalue weighted by atomic mass is 32.2. The average Bonchev–Trinajstić information content (AvgIpc) is 2.67. The van der Waals surface area contributed by atoms with Crippen LogP contribution < -0.4 is 15.4 Å². The van der Waals surface area contributed by atoms with Gasteiger partial charge in [-0.05, 0) is 49.4 Å². The molecule has 0 bridgehead atoms. The quantitative estimate of drug-likeness (QED) is 0.629. The summed E-state index contributed by atoms with van der Waals surface area (Å²) in [5.41, 5.74) is -0.409. The standard InChI is InChI=1S/C18H18F3N3O4S/c1-2-22-17(26)12-6-8-14(9-7-12)24-16(25)11-23-29(27,28)15-5-3-4-13(10-15)18(19,20)21/h3-10,23H,2,11H2,1H3,(H,22,26)(H,24,25). The molecule has 0 saturated carbocycles. The van der Waals surface area contributed by atoms with Crippen LogP contribution in [-0.2, 0) is 21.0 Å². The lowest BCUT2D eigenvalue weighted by molar-refractivity contribution is -0.137. The van der Waals surface area contributed by atoms with E-state index in [9.17, 15) is 31.2 Å². The lowest BCUT2D eigenvalue weighted by Crippen LogP contribution is -2.33. The number of rotatable bonds is 7. The minimum atomic E-state index is -4.69. The van der Waals surface area contributed by atoms with Crippen molar-refractivity contribution in [1.82, 2.24) is 10.0 Å². The molecule has 0 fully saturated rings. The van der Waals surface area contributed by atoms with Crippen LogP contribution in [-0.4, -0.2) is 33.3 Å². The van der Waals surface area contributed by atoms with Crippen molar-refractivity contribution < 1.29 is 31.2 Å². The van der Waals surface area contributed by atoms with Crippen LogP contribution in [0.25, 0.3) is 0 Å². The molecular formula is C18H18F3N3O4S. The van der Waals surface area contributed by atoms with Crippen molar-refractivity contribution in [1.29, 1.82) is 0 Å². The van der Waals surface area contributed by atoms with Crippen LogP contribution in [0.1, 0.15) is 22.8 Å². The molecule has 0 radical (unpaired) electrons. The van der Waals surface area contributed by atoms with E-state index in [4.69, 9.17) is 0 Å². The summed E-state index contributed by atoms with van der Waals surface area (Å²) in [6.45, 7) is 1.55. The van der Waals surface area contributed by atoms with E-state index in [0.29, 0.717) is 23.9 Å². The Morgan fingerprint density at radius 1 is 1.03 bits per heavy atom. The van der Waals surface area contributed by atoms with Crippen molar-refractivity contribution >= 4 is 27.5 Å². The number of carbonyl (C=O) groups is 2. The fourth-order valence-electron chi connectivity index (χ4n) is 2.26. The summed E-state index contributed by atoms with van der Waals surface area (Å²) >= 11 is 0. The first-order valence-corrected chi connectivity index (χ1v) is 9.86. The normalized spacial score (nSPS) is 11.7. The Balaban J connectivity index is 1.99. The first-order valence-electron chi connectivity index (χ1n) is 8.38. The van der Waals surface area contributed by atoms with Gasteiger partial charge < -0.3 is 10.6 Å². The van der Waals surface area contributed by atoms with Crippen LogP contribution in [0.2, 0.25) is 0 Å². The van der Waals surface area contributed by atoms with Crippen molar-refractivity contribution in [2.24, 2.45) is 0 Å². The Labute approximate surface area is 165 Å². The third-order valence-electron chi connectivity index (χ3n) is 3.66. The Morgan fingerprint density at radius 2 is 1.69 bits per heavy atom. The molecule has 0 aromatic heterocycles. The number of carbonyl (C=O) groups excluding carboxylic acids is 2. The molecule has 0 atom stereocenters. The fraction of sp³-hybridized carbons (Fsp3) is 0.222. The summed E-state index contributed by atoms with van der Waals surface area (Å²) in [6.07, 6.45) is -4.69. The molecule has 2 aromatic rings. The van der Waals surface area contributed by atoms with Gasteiger partial charge in [0.1, 0.15) is 0 Å². The first-order chi connectivity index (χ1) is 13.5. The minimum absolute atomic E-state index is 0.278. The molecule has 2 aromatic carbocycles. The van der Waals surface area contributed by atoms with Gasteiger partial charge in [-0.15, -0.1) is 0 Å². The fourth-order valence-corrected chi connectivity index (χ4v) is 3.28. The first kappa shape index (κ1) is 22.4. The Kier molecular flexibility index (Phi) is 6.98. The maximum absolute atomic E-state index is 12.7. The van der Waals surface area contributed by atoms with E-state index in [1.54, 1.807) is 6.92 Å². The van der Waals surface area contributed by atoms with Crippen molar-refractivity contribution in [3.05, 3.63) is 59.7 Å². The second kappa shape index (κ2) is 9.05. The largest absolute Gasteiger partial charge is 0.416 e. The maximum Gasteiger partial charge on any atom is 0.416 e. The van der Waals surface area contributed by atoms with E-state index in [1.807, 2.05) is 4.72 Å². The summed E-state index contributed by atoms with van der Waals surface area (Å²) in [7, 11) is -4.32. The summed E-state index contributed by atoms with van der Waals surface area (Å²) in [6, 6.07) is 9.08. The number of alkyl halides is 3. The molecule has 11 heteroatoms. The lowest BCUT2D eigenvalue weighted by atomic mass is 10.2. The van der Waals surface area contributed by atoms with E-state index in [-0.39, 0.29) is 5.91 Å². The van der Waals surface area contributed by atoms with Crippen molar-refractivity contribution in [3.8, 4) is 0 Å². The number of benzene rings is 2. The molecule has 0 aliphatic rings. The molecule has 7 nitrogen and oxygen atoms in total. The smallest absolute Gasteiger partial charge is 0.352 e. The van der Waals surface area contributed by atoms with Gasteiger partial charge in [-0.25, -0.2) is 13.1 Å². The van der Waals surface area contributed by atoms with Gasteiger partial charge in [-0.3, -0.25) is 9.59 Å². The number of amides is 2. The topological polar surface area (TPSA) is 104 Å². The summed E-state index contributed by atoms with van der Waals surface area (Å²) < 4.78 is 64.4. The maximum atomic E-state index is 12.7. The Hall–Kier alpha value is -2.92. The molecule has 0 heterocycles. The number of sulfonamides is 1. The number of hydrogen-bond acceptors (Lipinski definition) is 4. The number of halogens is 3. The van der Waals surface area contributed by atoms with Gasteiger partial charge in [-0.2, -0.15) is 13.2 Å². The highest BCUT2D eigenvalue weighted by molar-refractivity contribution is 7.89. The molecule has 0 aliphatic carbocycles. The van der Waals surface area contributed by atoms with Crippen molar-refractivity contribution in [2.75, 3.05) is 18.4 Å². The van der Waals surface area contributed by atoms with Crippen molar-refractivity contribution in [2.45, 2.75) is 18.0 Å². The second-order valence-corrected chi connectivity index (χ2v) is 7.60. The number of hydrogen-bond donors (Lipinski definition) is 3. The Bertz CT molecular complexity index is 990. The molecule has 0 unspecified atom stereocenters. The van der Waals surface area contributed by atoms with Gasteiger partial charge in [0.05, 0.1) is 17.0 Å². The zero-order valence-corrected chi connectivity index (χ0v) is 16.0. The molecule has 0 saturated heterocycles. The summed E-state index contributed by atoms with van der Waals surface area (Å²) in [4.78, 5) is 23.0. The van der Waals surface area contributed by atoms with Crippen LogP contribution in [0.5, 0.6) is 0 Å². The van der Waals surface area contributed by atoms with E-state index < -0.39 is 39.1 Å². The van der Waals surface area contributed by atoms with Crippen LogP contribution in [0, 0.1) is 0 Å². The van der Waals surface area contributed by atoms with E-state index >= 15 is 0 Å². The second-order valence-electron chi connectivity index (χ2n) is 5.84. The monoisotopic (exact) mass is 429 g/mol. The third-order valence-corrected chi connectivity index (χ3v) is 5.06. The number of anilines is 1. The molecule has 0 aliphatic heterocycles. The molecular weight excluding hydrogens is 411 g/mol. The van der Waals surface area contributed by atoms with E-state index in [0.717, 1.165) is 18.2 Å². The van der Waals surface area contributed by atoms with Crippen molar-refractivity contribution in [3.63, 3.8) is 0 Å². The Morgan fingerprint density at radius 3 is 2.28 bits per heavy atom. The minimum Gasteiger partial charge on any atom is -0.352 e.